The molecule has 1 rings (SSSR count). The highest BCUT2D eigenvalue weighted by Gasteiger charge is 2.19. The maximum atomic E-state index is 10.6. The fourth-order valence-electron chi connectivity index (χ4n) is 1.76. The van der Waals surface area contributed by atoms with Gasteiger partial charge in [0.15, 0.2) is 0 Å². The minimum atomic E-state index is -0.431. The molecule has 0 unspecified atom stereocenters. The van der Waals surface area contributed by atoms with E-state index >= 15 is 0 Å². The third kappa shape index (κ3) is 3.61. The van der Waals surface area contributed by atoms with E-state index in [-0.39, 0.29) is 6.04 Å². The number of likely N-dealkylation sites (tertiary alicyclic amines) is 1. The maximum absolute atomic E-state index is 10.6. The zero-order valence-electron chi connectivity index (χ0n) is 7.83. The van der Waals surface area contributed by atoms with Crippen LogP contribution >= 0.6 is 0 Å². The molecule has 0 aliphatic carbocycles. The van der Waals surface area contributed by atoms with Gasteiger partial charge in [-0.15, -0.1) is 0 Å². The largest absolute Gasteiger partial charge is 0.352 e. The third-order valence-corrected chi connectivity index (χ3v) is 2.30. The lowest BCUT2D eigenvalue weighted by molar-refractivity contribution is 0.192. The van der Waals surface area contributed by atoms with Gasteiger partial charge in [-0.1, -0.05) is 0 Å². The van der Waals surface area contributed by atoms with Gasteiger partial charge in [-0.25, -0.2) is 4.79 Å². The Morgan fingerprint density at radius 3 is 3.00 bits per heavy atom. The SMILES string of the molecule is NCCN1CCC[C@@H](NC(N)=O)C1. The second-order valence-electron chi connectivity index (χ2n) is 3.44. The molecule has 0 bridgehead atoms. The van der Waals surface area contributed by atoms with E-state index in [1.165, 1.54) is 0 Å². The van der Waals surface area contributed by atoms with Gasteiger partial charge in [0.2, 0.25) is 0 Å². The molecule has 76 valence electrons. The van der Waals surface area contributed by atoms with Crippen LogP contribution in [0.15, 0.2) is 0 Å². The standard InChI is InChI=1S/C8H18N4O/c9-3-5-12-4-1-2-7(6-12)11-8(10)13/h7H,1-6,9H2,(H3,10,11,13)/t7-/m1/s1. The number of nitrogens with two attached hydrogens (primary N) is 2. The summed E-state index contributed by atoms with van der Waals surface area (Å²) in [4.78, 5) is 12.9. The molecule has 0 spiro atoms. The van der Waals surface area contributed by atoms with Gasteiger partial charge in [0.25, 0.3) is 0 Å². The lowest BCUT2D eigenvalue weighted by Gasteiger charge is -2.32. The van der Waals surface area contributed by atoms with E-state index in [0.717, 1.165) is 32.5 Å². The molecule has 0 aromatic heterocycles. The van der Waals surface area contributed by atoms with Crippen molar-refractivity contribution in [1.29, 1.82) is 0 Å². The van der Waals surface area contributed by atoms with Gasteiger partial charge in [-0.2, -0.15) is 0 Å². The van der Waals surface area contributed by atoms with Crippen LogP contribution in [0.3, 0.4) is 0 Å². The molecule has 1 fully saturated rings. The first-order chi connectivity index (χ1) is 6.22. The predicted molar refractivity (Wildman–Crippen MR) is 51.2 cm³/mol. The normalized spacial score (nSPS) is 24.2. The van der Waals surface area contributed by atoms with Crippen molar-refractivity contribution in [1.82, 2.24) is 10.2 Å². The molecule has 0 radical (unpaired) electrons. The van der Waals surface area contributed by atoms with Gasteiger partial charge in [-0.3, -0.25) is 0 Å². The van der Waals surface area contributed by atoms with Crippen LogP contribution in [-0.4, -0.2) is 43.2 Å². The summed E-state index contributed by atoms with van der Waals surface area (Å²) in [6.45, 7) is 3.52. The Balaban J connectivity index is 2.28. The third-order valence-electron chi connectivity index (χ3n) is 2.30. The molecule has 1 aliphatic heterocycles. The van der Waals surface area contributed by atoms with E-state index in [1.807, 2.05) is 0 Å². The number of rotatable bonds is 3. The Kier molecular flexibility index (Phi) is 3.98. The molecule has 2 amide bonds. The first-order valence-electron chi connectivity index (χ1n) is 4.70. The monoisotopic (exact) mass is 186 g/mol. The molecule has 1 saturated heterocycles. The van der Waals surface area contributed by atoms with Crippen molar-refractivity contribution < 1.29 is 4.79 Å². The van der Waals surface area contributed by atoms with Crippen LogP contribution in [0.2, 0.25) is 0 Å². The molecule has 5 nitrogen and oxygen atoms in total. The maximum Gasteiger partial charge on any atom is 0.312 e. The second kappa shape index (κ2) is 5.04. The molecule has 0 saturated carbocycles. The molecule has 1 heterocycles. The van der Waals surface area contributed by atoms with Gasteiger partial charge in [0.1, 0.15) is 0 Å². The number of nitrogens with zero attached hydrogens (tertiary/aromatic N) is 1. The molecule has 0 aromatic rings. The van der Waals surface area contributed by atoms with Crippen LogP contribution < -0.4 is 16.8 Å². The first-order valence-corrected chi connectivity index (χ1v) is 4.70. The molecule has 5 heteroatoms. The smallest absolute Gasteiger partial charge is 0.312 e. The first kappa shape index (κ1) is 10.3. The van der Waals surface area contributed by atoms with Crippen molar-refractivity contribution in [2.45, 2.75) is 18.9 Å². The van der Waals surface area contributed by atoms with Crippen molar-refractivity contribution >= 4 is 6.03 Å². The van der Waals surface area contributed by atoms with E-state index in [1.54, 1.807) is 0 Å². The van der Waals surface area contributed by atoms with Gasteiger partial charge in [-0.05, 0) is 19.4 Å². The quantitative estimate of drug-likeness (QED) is 0.533. The average Bonchev–Trinajstić information content (AvgIpc) is 2.04. The summed E-state index contributed by atoms with van der Waals surface area (Å²) >= 11 is 0. The van der Waals surface area contributed by atoms with E-state index in [9.17, 15) is 4.79 Å². The highest BCUT2D eigenvalue weighted by molar-refractivity contribution is 5.71. The predicted octanol–water partition coefficient (Wildman–Crippen LogP) is -0.922. The Labute approximate surface area is 78.4 Å². The number of carbonyl (C=O) groups is 1. The summed E-state index contributed by atoms with van der Waals surface area (Å²) in [6.07, 6.45) is 2.12. The lowest BCUT2D eigenvalue weighted by Crippen LogP contribution is -2.50. The number of amides is 2. The van der Waals surface area contributed by atoms with Gasteiger partial charge in [0.05, 0.1) is 0 Å². The average molecular weight is 186 g/mol. The summed E-state index contributed by atoms with van der Waals surface area (Å²) in [6, 6.07) is -0.225. The topological polar surface area (TPSA) is 84.4 Å². The summed E-state index contributed by atoms with van der Waals surface area (Å²) in [5.41, 5.74) is 10.5. The van der Waals surface area contributed by atoms with Crippen molar-refractivity contribution in [2.75, 3.05) is 26.2 Å². The fraction of sp³-hybridized carbons (Fsp3) is 0.875. The van der Waals surface area contributed by atoms with Gasteiger partial charge >= 0.3 is 6.03 Å². The van der Waals surface area contributed by atoms with Crippen LogP contribution in [0, 0.1) is 0 Å². The number of hydrogen-bond acceptors (Lipinski definition) is 3. The Bertz CT molecular complexity index is 172. The Morgan fingerprint density at radius 2 is 2.38 bits per heavy atom. The van der Waals surface area contributed by atoms with Crippen LogP contribution in [0.1, 0.15) is 12.8 Å². The van der Waals surface area contributed by atoms with Crippen LogP contribution in [0.5, 0.6) is 0 Å². The van der Waals surface area contributed by atoms with E-state index in [0.29, 0.717) is 6.54 Å². The van der Waals surface area contributed by atoms with E-state index in [4.69, 9.17) is 11.5 Å². The highest BCUT2D eigenvalue weighted by Crippen LogP contribution is 2.08. The molecule has 5 N–H and O–H groups in total. The van der Waals surface area contributed by atoms with E-state index < -0.39 is 6.03 Å². The van der Waals surface area contributed by atoms with Crippen LogP contribution in [0.25, 0.3) is 0 Å². The number of piperidine rings is 1. The minimum Gasteiger partial charge on any atom is -0.352 e. The summed E-state index contributed by atoms with van der Waals surface area (Å²) < 4.78 is 0. The molecular weight excluding hydrogens is 168 g/mol. The number of nitrogens with one attached hydrogen (secondary N) is 1. The molecule has 1 atom stereocenters. The lowest BCUT2D eigenvalue weighted by atomic mass is 10.1. The van der Waals surface area contributed by atoms with Gasteiger partial charge < -0.3 is 21.7 Å². The summed E-state index contributed by atoms with van der Waals surface area (Å²) in [7, 11) is 0. The number of hydrogen-bond donors (Lipinski definition) is 3. The zero-order chi connectivity index (χ0) is 9.68. The van der Waals surface area contributed by atoms with Crippen molar-refractivity contribution in [3.8, 4) is 0 Å². The van der Waals surface area contributed by atoms with Crippen LogP contribution in [-0.2, 0) is 0 Å². The molecular formula is C8H18N4O. The van der Waals surface area contributed by atoms with Crippen molar-refractivity contribution in [3.63, 3.8) is 0 Å². The second-order valence-corrected chi connectivity index (χ2v) is 3.44. The van der Waals surface area contributed by atoms with Crippen molar-refractivity contribution in [2.24, 2.45) is 11.5 Å². The minimum absolute atomic E-state index is 0.206. The number of urea groups is 1. The molecule has 1 aliphatic rings. The Morgan fingerprint density at radius 1 is 1.62 bits per heavy atom. The van der Waals surface area contributed by atoms with Gasteiger partial charge in [0, 0.05) is 25.7 Å². The zero-order valence-corrected chi connectivity index (χ0v) is 7.83. The molecule has 0 aromatic carbocycles. The van der Waals surface area contributed by atoms with Crippen LogP contribution in [0.4, 0.5) is 4.79 Å². The fourth-order valence-corrected chi connectivity index (χ4v) is 1.76. The highest BCUT2D eigenvalue weighted by atomic mass is 16.2. The summed E-state index contributed by atoms with van der Waals surface area (Å²) in [5, 5.41) is 2.73. The Hall–Kier alpha value is -0.810. The number of primary amides is 1. The summed E-state index contributed by atoms with van der Waals surface area (Å²) in [5.74, 6) is 0. The number of carbonyl (C=O) groups excluding carboxylic acids is 1. The molecule has 13 heavy (non-hydrogen) atoms. The van der Waals surface area contributed by atoms with Crippen molar-refractivity contribution in [3.05, 3.63) is 0 Å². The van der Waals surface area contributed by atoms with E-state index in [2.05, 4.69) is 10.2 Å².